The third-order valence-electron chi connectivity index (χ3n) is 4.75. The maximum atomic E-state index is 12.2. The fourth-order valence-corrected chi connectivity index (χ4v) is 5.23. The van der Waals surface area contributed by atoms with E-state index in [-0.39, 0.29) is 33.3 Å². The Kier molecular flexibility index (Phi) is 4.60. The molecule has 9 nitrogen and oxygen atoms in total. The fourth-order valence-electron chi connectivity index (χ4n) is 3.62. The highest BCUT2D eigenvalue weighted by molar-refractivity contribution is 7.87. The Hall–Kier alpha value is -2.96. The number of hydrogen-bond donors (Lipinski definition) is 4. The number of aromatic hydroxyl groups is 1. The van der Waals surface area contributed by atoms with Crippen LogP contribution in [0.1, 0.15) is 17.2 Å². The van der Waals surface area contributed by atoms with Gasteiger partial charge >= 0.3 is 10.3 Å². The number of aliphatic hydroxyl groups is 1. The molecular weight excluding hydrogens is 434 g/mol. The summed E-state index contributed by atoms with van der Waals surface area (Å²) in [4.78, 5) is -0.738. The monoisotopic (exact) mass is 449 g/mol. The van der Waals surface area contributed by atoms with Crippen molar-refractivity contribution in [2.45, 2.75) is 11.0 Å². The summed E-state index contributed by atoms with van der Waals surface area (Å²) in [7, 11) is -9.68. The average molecular weight is 449 g/mol. The molecule has 156 valence electrons. The zero-order valence-electron chi connectivity index (χ0n) is 15.0. The zero-order valence-corrected chi connectivity index (χ0v) is 16.7. The van der Waals surface area contributed by atoms with Gasteiger partial charge in [-0.3, -0.25) is 9.11 Å². The standard InChI is InChI=1S/C19H15NO8S2/c21-17-10-16(20(30(26,27)28)15-8-4-3-7-13(15)17)14-9-18(22)19(29(23,24)25)12-6-2-1-5-11(12)14/h1-10,17,21-22H,(H,23,24,25)(H,26,27,28). The van der Waals surface area contributed by atoms with E-state index in [1.807, 2.05) is 0 Å². The summed E-state index contributed by atoms with van der Waals surface area (Å²) < 4.78 is 68.1. The zero-order chi connectivity index (χ0) is 21.8. The Labute approximate surface area is 171 Å². The molecule has 0 spiro atoms. The number of rotatable bonds is 3. The van der Waals surface area contributed by atoms with Crippen LogP contribution in [-0.4, -0.2) is 36.2 Å². The number of nitrogens with zero attached hydrogens (tertiary/aromatic N) is 1. The summed E-state index contributed by atoms with van der Waals surface area (Å²) in [6, 6.07) is 12.7. The van der Waals surface area contributed by atoms with Gasteiger partial charge in [-0.05, 0) is 23.6 Å². The summed E-state index contributed by atoms with van der Waals surface area (Å²) in [6.07, 6.45) is -0.0823. The number of phenols is 1. The van der Waals surface area contributed by atoms with Crippen LogP contribution in [0.5, 0.6) is 5.75 Å². The Morgan fingerprint density at radius 1 is 0.867 bits per heavy atom. The molecule has 1 aliphatic heterocycles. The highest BCUT2D eigenvalue weighted by atomic mass is 32.2. The second-order valence-electron chi connectivity index (χ2n) is 6.59. The number of anilines is 1. The van der Waals surface area contributed by atoms with Gasteiger partial charge in [0.1, 0.15) is 16.7 Å². The molecule has 11 heteroatoms. The molecule has 1 unspecified atom stereocenters. The first-order chi connectivity index (χ1) is 14.0. The molecular formula is C19H15NO8S2. The molecule has 0 bridgehead atoms. The maximum absolute atomic E-state index is 12.2. The summed E-state index contributed by atoms with van der Waals surface area (Å²) in [5, 5.41) is 21.0. The first-order valence-electron chi connectivity index (χ1n) is 8.49. The van der Waals surface area contributed by atoms with E-state index in [1.165, 1.54) is 36.4 Å². The molecule has 3 aromatic carbocycles. The van der Waals surface area contributed by atoms with E-state index in [4.69, 9.17) is 0 Å². The summed E-state index contributed by atoms with van der Waals surface area (Å²) >= 11 is 0. The van der Waals surface area contributed by atoms with Gasteiger partial charge in [-0.2, -0.15) is 16.8 Å². The minimum atomic E-state index is -4.88. The highest BCUT2D eigenvalue weighted by Gasteiger charge is 2.34. The third-order valence-corrected chi connectivity index (χ3v) is 6.55. The average Bonchev–Trinajstić information content (AvgIpc) is 2.65. The van der Waals surface area contributed by atoms with Crippen molar-refractivity contribution in [1.29, 1.82) is 0 Å². The van der Waals surface area contributed by atoms with Crippen molar-refractivity contribution in [3.05, 3.63) is 71.8 Å². The Bertz CT molecular complexity index is 1430. The summed E-state index contributed by atoms with van der Waals surface area (Å²) in [5.74, 6) is -0.823. The van der Waals surface area contributed by atoms with E-state index < -0.39 is 37.2 Å². The third kappa shape index (κ3) is 3.22. The van der Waals surface area contributed by atoms with Crippen LogP contribution < -0.4 is 4.31 Å². The normalized spacial score (nSPS) is 17.0. The lowest BCUT2D eigenvalue weighted by atomic mass is 9.95. The van der Waals surface area contributed by atoms with E-state index in [0.29, 0.717) is 4.31 Å². The molecule has 1 atom stereocenters. The minimum Gasteiger partial charge on any atom is -0.506 e. The molecule has 0 radical (unpaired) electrons. The van der Waals surface area contributed by atoms with Crippen LogP contribution in [0.2, 0.25) is 0 Å². The number of benzene rings is 3. The topological polar surface area (TPSA) is 152 Å². The first-order valence-corrected chi connectivity index (χ1v) is 11.3. The molecule has 0 fully saturated rings. The van der Waals surface area contributed by atoms with Crippen LogP contribution in [0.25, 0.3) is 16.5 Å². The van der Waals surface area contributed by atoms with Crippen molar-refractivity contribution in [2.24, 2.45) is 0 Å². The molecule has 4 N–H and O–H groups in total. The van der Waals surface area contributed by atoms with Crippen LogP contribution in [-0.2, 0) is 20.4 Å². The van der Waals surface area contributed by atoms with Crippen molar-refractivity contribution in [3.8, 4) is 5.75 Å². The largest absolute Gasteiger partial charge is 0.506 e. The number of hydrogen-bond acceptors (Lipinski definition) is 6. The van der Waals surface area contributed by atoms with E-state index in [2.05, 4.69) is 0 Å². The van der Waals surface area contributed by atoms with Crippen LogP contribution in [0, 0.1) is 0 Å². The number of phenolic OH excluding ortho intramolecular Hbond substituents is 1. The molecule has 0 aromatic heterocycles. The van der Waals surface area contributed by atoms with Crippen LogP contribution >= 0.6 is 0 Å². The molecule has 0 amide bonds. The summed E-state index contributed by atoms with van der Waals surface area (Å²) in [6.45, 7) is 0. The Balaban J connectivity index is 2.10. The van der Waals surface area contributed by atoms with Gasteiger partial charge in [-0.1, -0.05) is 42.5 Å². The van der Waals surface area contributed by atoms with Gasteiger partial charge in [-0.15, -0.1) is 0 Å². The van der Waals surface area contributed by atoms with Gasteiger partial charge in [0.25, 0.3) is 10.1 Å². The fraction of sp³-hybridized carbons (Fsp3) is 0.0526. The SMILES string of the molecule is O=S(=O)(O)c1c(O)cc(C2=CC(O)c3ccccc3N2S(=O)(=O)O)c2ccccc12. The lowest BCUT2D eigenvalue weighted by Crippen LogP contribution is -2.32. The predicted octanol–water partition coefficient (Wildman–Crippen LogP) is 2.49. The molecule has 0 saturated heterocycles. The minimum absolute atomic E-state index is 0.00701. The van der Waals surface area contributed by atoms with Gasteiger partial charge in [0.05, 0.1) is 11.4 Å². The number of para-hydroxylation sites is 1. The van der Waals surface area contributed by atoms with E-state index in [9.17, 15) is 36.2 Å². The van der Waals surface area contributed by atoms with Crippen LogP contribution in [0.15, 0.2) is 65.6 Å². The van der Waals surface area contributed by atoms with E-state index in [1.54, 1.807) is 12.1 Å². The van der Waals surface area contributed by atoms with Gasteiger partial charge in [0.2, 0.25) is 0 Å². The van der Waals surface area contributed by atoms with Crippen molar-refractivity contribution in [3.63, 3.8) is 0 Å². The predicted molar refractivity (Wildman–Crippen MR) is 109 cm³/mol. The van der Waals surface area contributed by atoms with Gasteiger partial charge in [0.15, 0.2) is 0 Å². The van der Waals surface area contributed by atoms with Gasteiger partial charge in [-0.25, -0.2) is 4.31 Å². The molecule has 4 rings (SSSR count). The lowest BCUT2D eigenvalue weighted by molar-refractivity contribution is 0.228. The molecule has 1 heterocycles. The van der Waals surface area contributed by atoms with Gasteiger partial charge < -0.3 is 10.2 Å². The molecule has 0 aliphatic carbocycles. The molecule has 1 aliphatic rings. The number of aliphatic hydroxyl groups excluding tert-OH is 1. The van der Waals surface area contributed by atoms with Crippen molar-refractivity contribution in [1.82, 2.24) is 0 Å². The first kappa shape index (κ1) is 20.3. The maximum Gasteiger partial charge on any atom is 0.364 e. The van der Waals surface area contributed by atoms with Gasteiger partial charge in [0, 0.05) is 16.5 Å². The Morgan fingerprint density at radius 3 is 2.10 bits per heavy atom. The Morgan fingerprint density at radius 2 is 1.47 bits per heavy atom. The second-order valence-corrected chi connectivity index (χ2v) is 9.21. The second kappa shape index (κ2) is 6.79. The van der Waals surface area contributed by atoms with Crippen molar-refractivity contribution >= 4 is 42.6 Å². The van der Waals surface area contributed by atoms with Crippen molar-refractivity contribution in [2.75, 3.05) is 4.31 Å². The number of fused-ring (bicyclic) bond motifs is 2. The quantitative estimate of drug-likeness (QED) is 0.445. The van der Waals surface area contributed by atoms with Crippen LogP contribution in [0.4, 0.5) is 5.69 Å². The van der Waals surface area contributed by atoms with E-state index >= 15 is 0 Å². The highest BCUT2D eigenvalue weighted by Crippen LogP contribution is 2.44. The summed E-state index contributed by atoms with van der Waals surface area (Å²) in [5.41, 5.74) is 0.0353. The molecule has 30 heavy (non-hydrogen) atoms. The van der Waals surface area contributed by atoms with E-state index in [0.717, 1.165) is 12.1 Å². The lowest BCUT2D eigenvalue weighted by Gasteiger charge is -2.32. The smallest absolute Gasteiger partial charge is 0.364 e. The van der Waals surface area contributed by atoms with Crippen LogP contribution in [0.3, 0.4) is 0 Å². The molecule has 0 saturated carbocycles. The van der Waals surface area contributed by atoms with Crippen molar-refractivity contribution < 1.29 is 36.2 Å². The molecule has 3 aromatic rings.